The summed E-state index contributed by atoms with van der Waals surface area (Å²) >= 11 is 9.32. The Morgan fingerprint density at radius 3 is 2.83 bits per heavy atom. The number of furan rings is 1. The van der Waals surface area contributed by atoms with Crippen molar-refractivity contribution in [3.8, 4) is 0 Å². The average Bonchev–Trinajstić information content (AvgIpc) is 2.82. The van der Waals surface area contributed by atoms with Crippen molar-refractivity contribution in [3.05, 3.63) is 51.3 Å². The molecule has 2 aromatic rings. The van der Waals surface area contributed by atoms with Gasteiger partial charge in [-0.1, -0.05) is 34.5 Å². The van der Waals surface area contributed by atoms with Gasteiger partial charge in [-0.3, -0.25) is 4.79 Å². The third kappa shape index (κ3) is 2.94. The van der Waals surface area contributed by atoms with Gasteiger partial charge < -0.3 is 9.73 Å². The minimum Gasteiger partial charge on any atom is -0.456 e. The van der Waals surface area contributed by atoms with Gasteiger partial charge in [0.05, 0.1) is 10.7 Å². The molecule has 3 nitrogen and oxygen atoms in total. The average molecular weight is 329 g/mol. The molecule has 0 aliphatic rings. The SMILES string of the molecule is CCc1ccc(C(=O)Nc2cc(Br)ccc2Cl)o1. The molecule has 5 heteroatoms. The van der Waals surface area contributed by atoms with Gasteiger partial charge in [-0.25, -0.2) is 0 Å². The Bertz CT molecular complexity index is 580. The van der Waals surface area contributed by atoms with Gasteiger partial charge in [-0.2, -0.15) is 0 Å². The van der Waals surface area contributed by atoms with Crippen LogP contribution in [-0.4, -0.2) is 5.91 Å². The maximum atomic E-state index is 11.9. The third-order valence-corrected chi connectivity index (χ3v) is 3.23. The summed E-state index contributed by atoms with van der Waals surface area (Å²) in [7, 11) is 0. The van der Waals surface area contributed by atoms with Gasteiger partial charge in [0, 0.05) is 10.9 Å². The van der Waals surface area contributed by atoms with Crippen LogP contribution in [0.4, 0.5) is 5.69 Å². The highest BCUT2D eigenvalue weighted by molar-refractivity contribution is 9.10. The van der Waals surface area contributed by atoms with E-state index in [9.17, 15) is 4.79 Å². The standard InChI is InChI=1S/C13H11BrClNO2/c1-2-9-4-6-12(18-9)13(17)16-11-7-8(14)3-5-10(11)15/h3-7H,2H2,1H3,(H,16,17). The Balaban J connectivity index is 2.18. The topological polar surface area (TPSA) is 42.2 Å². The Morgan fingerprint density at radius 2 is 2.17 bits per heavy atom. The molecular weight excluding hydrogens is 318 g/mol. The zero-order chi connectivity index (χ0) is 13.1. The van der Waals surface area contributed by atoms with Crippen LogP contribution in [0, 0.1) is 0 Å². The van der Waals surface area contributed by atoms with E-state index in [1.165, 1.54) is 0 Å². The minimum absolute atomic E-state index is 0.280. The van der Waals surface area contributed by atoms with Crippen LogP contribution in [-0.2, 0) is 6.42 Å². The lowest BCUT2D eigenvalue weighted by Crippen LogP contribution is -2.11. The first-order chi connectivity index (χ1) is 8.60. The molecule has 0 bridgehead atoms. The monoisotopic (exact) mass is 327 g/mol. The quantitative estimate of drug-likeness (QED) is 0.900. The number of nitrogens with one attached hydrogen (secondary N) is 1. The molecule has 0 aliphatic carbocycles. The first-order valence-electron chi connectivity index (χ1n) is 5.45. The molecule has 2 rings (SSSR count). The molecule has 0 saturated heterocycles. The van der Waals surface area contributed by atoms with Gasteiger partial charge >= 0.3 is 0 Å². The molecule has 1 heterocycles. The van der Waals surface area contributed by atoms with Crippen molar-refractivity contribution in [1.29, 1.82) is 0 Å². The summed E-state index contributed by atoms with van der Waals surface area (Å²) in [4.78, 5) is 11.9. The summed E-state index contributed by atoms with van der Waals surface area (Å²) in [5.74, 6) is 0.748. The molecule has 1 aromatic heterocycles. The van der Waals surface area contributed by atoms with Crippen molar-refractivity contribution in [1.82, 2.24) is 0 Å². The Hall–Kier alpha value is -1.26. The third-order valence-electron chi connectivity index (χ3n) is 2.41. The molecule has 1 aromatic carbocycles. The second kappa shape index (κ2) is 5.59. The van der Waals surface area contributed by atoms with Gasteiger partial charge in [-0.05, 0) is 30.3 Å². The molecule has 94 valence electrons. The number of benzene rings is 1. The van der Waals surface area contributed by atoms with Crippen LogP contribution >= 0.6 is 27.5 Å². The summed E-state index contributed by atoms with van der Waals surface area (Å²) < 4.78 is 6.21. The normalized spacial score (nSPS) is 10.4. The fourth-order valence-corrected chi connectivity index (χ4v) is 1.99. The van der Waals surface area contributed by atoms with Crippen molar-refractivity contribution < 1.29 is 9.21 Å². The van der Waals surface area contributed by atoms with Crippen LogP contribution in [0.5, 0.6) is 0 Å². The molecule has 0 saturated carbocycles. The van der Waals surface area contributed by atoms with Crippen LogP contribution in [0.3, 0.4) is 0 Å². The highest BCUT2D eigenvalue weighted by Crippen LogP contribution is 2.26. The molecule has 0 unspecified atom stereocenters. The lowest BCUT2D eigenvalue weighted by molar-refractivity contribution is 0.0995. The number of rotatable bonds is 3. The minimum atomic E-state index is -0.310. The number of amides is 1. The Labute approximate surface area is 118 Å². The second-order valence-electron chi connectivity index (χ2n) is 3.70. The number of aryl methyl sites for hydroxylation is 1. The van der Waals surface area contributed by atoms with Crippen LogP contribution in [0.1, 0.15) is 23.2 Å². The molecular formula is C13H11BrClNO2. The molecule has 1 N–H and O–H groups in total. The molecule has 0 aliphatic heterocycles. The highest BCUT2D eigenvalue weighted by atomic mass is 79.9. The number of carbonyl (C=O) groups is 1. The van der Waals surface area contributed by atoms with Gasteiger partial charge in [0.15, 0.2) is 5.76 Å². The van der Waals surface area contributed by atoms with E-state index in [1.54, 1.807) is 30.3 Å². The van der Waals surface area contributed by atoms with Crippen molar-refractivity contribution in [2.75, 3.05) is 5.32 Å². The van der Waals surface area contributed by atoms with E-state index in [1.807, 2.05) is 6.92 Å². The molecule has 0 atom stereocenters. The fraction of sp³-hybridized carbons (Fsp3) is 0.154. The molecule has 18 heavy (non-hydrogen) atoms. The van der Waals surface area contributed by atoms with E-state index in [0.29, 0.717) is 10.7 Å². The van der Waals surface area contributed by atoms with Gasteiger partial charge in [-0.15, -0.1) is 0 Å². The summed E-state index contributed by atoms with van der Waals surface area (Å²) in [6.07, 6.45) is 0.755. The number of halogens is 2. The zero-order valence-electron chi connectivity index (χ0n) is 9.67. The van der Waals surface area contributed by atoms with E-state index in [-0.39, 0.29) is 11.7 Å². The van der Waals surface area contributed by atoms with Crippen LogP contribution < -0.4 is 5.32 Å². The van der Waals surface area contributed by atoms with Gasteiger partial charge in [0.2, 0.25) is 0 Å². The summed E-state index contributed by atoms with van der Waals surface area (Å²) in [6, 6.07) is 8.70. The number of hydrogen-bond donors (Lipinski definition) is 1. The number of carbonyl (C=O) groups excluding carboxylic acids is 1. The predicted molar refractivity (Wildman–Crippen MR) is 75.2 cm³/mol. The smallest absolute Gasteiger partial charge is 0.291 e. The molecule has 0 fully saturated rings. The number of hydrogen-bond acceptors (Lipinski definition) is 2. The van der Waals surface area contributed by atoms with Gasteiger partial charge in [0.25, 0.3) is 5.91 Å². The maximum absolute atomic E-state index is 11.9. The van der Waals surface area contributed by atoms with Crippen LogP contribution in [0.25, 0.3) is 0 Å². The Morgan fingerprint density at radius 1 is 1.39 bits per heavy atom. The second-order valence-corrected chi connectivity index (χ2v) is 5.02. The Kier molecular flexibility index (Phi) is 4.09. The summed E-state index contributed by atoms with van der Waals surface area (Å²) in [5.41, 5.74) is 0.547. The molecule has 1 amide bonds. The lowest BCUT2D eigenvalue weighted by atomic mass is 10.3. The van der Waals surface area contributed by atoms with E-state index in [4.69, 9.17) is 16.0 Å². The molecule has 0 radical (unpaired) electrons. The lowest BCUT2D eigenvalue weighted by Gasteiger charge is -2.06. The first-order valence-corrected chi connectivity index (χ1v) is 6.62. The highest BCUT2D eigenvalue weighted by Gasteiger charge is 2.12. The van der Waals surface area contributed by atoms with Crippen LogP contribution in [0.2, 0.25) is 5.02 Å². The largest absolute Gasteiger partial charge is 0.456 e. The van der Waals surface area contributed by atoms with Crippen LogP contribution in [0.15, 0.2) is 39.2 Å². The van der Waals surface area contributed by atoms with E-state index in [2.05, 4.69) is 21.2 Å². The van der Waals surface area contributed by atoms with Gasteiger partial charge in [0.1, 0.15) is 5.76 Å². The maximum Gasteiger partial charge on any atom is 0.291 e. The summed E-state index contributed by atoms with van der Waals surface area (Å²) in [6.45, 7) is 1.96. The van der Waals surface area contributed by atoms with E-state index in [0.717, 1.165) is 16.7 Å². The van der Waals surface area contributed by atoms with Crippen molar-refractivity contribution in [2.45, 2.75) is 13.3 Å². The zero-order valence-corrected chi connectivity index (χ0v) is 12.0. The number of anilines is 1. The van der Waals surface area contributed by atoms with Crippen molar-refractivity contribution in [3.63, 3.8) is 0 Å². The summed E-state index contributed by atoms with van der Waals surface area (Å²) in [5, 5.41) is 3.19. The van der Waals surface area contributed by atoms with Crippen molar-refractivity contribution >= 4 is 39.1 Å². The van der Waals surface area contributed by atoms with Crippen molar-refractivity contribution in [2.24, 2.45) is 0 Å². The fourth-order valence-electron chi connectivity index (χ4n) is 1.47. The molecule has 0 spiro atoms. The van der Waals surface area contributed by atoms with E-state index >= 15 is 0 Å². The first kappa shape index (κ1) is 13.2. The van der Waals surface area contributed by atoms with E-state index < -0.39 is 0 Å². The predicted octanol–water partition coefficient (Wildman–Crippen LogP) is 4.51.